The van der Waals surface area contributed by atoms with Gasteiger partial charge in [0.1, 0.15) is 23.6 Å². The maximum Gasteiger partial charge on any atom is 1.00 e. The number of carboxylic acid groups (broad SMARTS) is 2. The molecule has 32 heavy (non-hydrogen) atoms. The predicted octanol–water partition coefficient (Wildman–Crippen LogP) is 0.0610. The number of rotatable bonds is 8. The van der Waals surface area contributed by atoms with E-state index >= 15 is 0 Å². The number of phenols is 2. The molecule has 0 saturated carbocycles. The van der Waals surface area contributed by atoms with E-state index in [4.69, 9.17) is 10.2 Å². The summed E-state index contributed by atoms with van der Waals surface area (Å²) in [4.78, 5) is 21.0. The molecule has 2 aromatic rings. The van der Waals surface area contributed by atoms with Gasteiger partial charge in [0.15, 0.2) is 0 Å². The number of carbonyl (C=O) groups is 2. The fraction of sp³-hybridized carbons (Fsp3) is 0.300. The first-order valence-corrected chi connectivity index (χ1v) is 8.68. The first-order chi connectivity index (χ1) is 13.2. The Labute approximate surface area is 207 Å². The van der Waals surface area contributed by atoms with Crippen LogP contribution in [0.5, 0.6) is 11.5 Å². The Balaban J connectivity index is -0.000000218. The van der Waals surface area contributed by atoms with Gasteiger partial charge >= 0.3 is 46.1 Å². The number of aromatic hydroxyl groups is 2. The third-order valence-electron chi connectivity index (χ3n) is 3.92. The largest absolute Gasteiger partial charge is 1.00 e. The monoisotopic (exact) mass is 554 g/mol. The minimum atomic E-state index is -0.902. The quantitative estimate of drug-likeness (QED) is 0.194. The van der Waals surface area contributed by atoms with Gasteiger partial charge in [-0.05, 0) is 26.0 Å². The maximum atomic E-state index is 10.5. The molecule has 0 aromatic heterocycles. The van der Waals surface area contributed by atoms with Gasteiger partial charge in [-0.15, -0.1) is 0 Å². The molecule has 0 aliphatic rings. The summed E-state index contributed by atoms with van der Waals surface area (Å²) < 4.78 is 0. The van der Waals surface area contributed by atoms with Crippen molar-refractivity contribution in [2.75, 3.05) is 0 Å². The van der Waals surface area contributed by atoms with Gasteiger partial charge in [0.25, 0.3) is 0 Å². The van der Waals surface area contributed by atoms with E-state index in [9.17, 15) is 19.8 Å². The minimum absolute atomic E-state index is 0. The molecule has 0 aliphatic carbocycles. The smallest absolute Gasteiger partial charge is 0.508 e. The van der Waals surface area contributed by atoms with Gasteiger partial charge in [-0.2, -0.15) is 0 Å². The second kappa shape index (κ2) is 19.5. The number of aliphatic carboxylic acids is 2. The molecule has 0 radical (unpaired) electrons. The van der Waals surface area contributed by atoms with Crippen molar-refractivity contribution >= 4 is 11.9 Å². The van der Waals surface area contributed by atoms with Gasteiger partial charge in [-0.3, -0.25) is 9.59 Å². The Morgan fingerprint density at radius 1 is 0.719 bits per heavy atom. The molecule has 0 bridgehead atoms. The minimum Gasteiger partial charge on any atom is -0.508 e. The average Bonchev–Trinajstić information content (AvgIpc) is 2.66. The summed E-state index contributed by atoms with van der Waals surface area (Å²) in [6.45, 7) is 3.81. The van der Waals surface area contributed by atoms with Gasteiger partial charge in [-0.25, -0.2) is 0 Å². The molecular weight excluding hydrogens is 523 g/mol. The molecule has 12 N–H and O–H groups in total. The van der Waals surface area contributed by atoms with Crippen LogP contribution >= 0.6 is 0 Å². The SMILES string of the molecule is CC(NCc1ccccc1O)C(=O)O.CC(NCc1ccccc1O)C(=O)O.[Cu+].[Cu+].[OH3+].[OH3+]. The van der Waals surface area contributed by atoms with Gasteiger partial charge in [0.2, 0.25) is 0 Å². The molecular formula is C20H32Cu2N2O8+4. The molecule has 2 atom stereocenters. The van der Waals surface area contributed by atoms with Crippen LogP contribution in [0.2, 0.25) is 0 Å². The van der Waals surface area contributed by atoms with E-state index in [1.54, 1.807) is 62.4 Å². The summed E-state index contributed by atoms with van der Waals surface area (Å²) >= 11 is 0. The van der Waals surface area contributed by atoms with Crippen molar-refractivity contribution in [1.29, 1.82) is 0 Å². The van der Waals surface area contributed by atoms with E-state index in [-0.39, 0.29) is 56.6 Å². The molecule has 2 rings (SSSR count). The van der Waals surface area contributed by atoms with Gasteiger partial charge in [-0.1, -0.05) is 36.4 Å². The van der Waals surface area contributed by atoms with Crippen molar-refractivity contribution in [3.63, 3.8) is 0 Å². The topological polar surface area (TPSA) is 205 Å². The van der Waals surface area contributed by atoms with Crippen LogP contribution in [0.1, 0.15) is 25.0 Å². The molecule has 2 unspecified atom stereocenters. The summed E-state index contributed by atoms with van der Waals surface area (Å²) in [5.41, 5.74) is 1.39. The maximum absolute atomic E-state index is 10.5. The number of hydrogen-bond donors (Lipinski definition) is 6. The van der Waals surface area contributed by atoms with Crippen LogP contribution in [0.15, 0.2) is 48.5 Å². The zero-order chi connectivity index (χ0) is 21.1. The Hall–Kier alpha value is -2.14. The average molecular weight is 556 g/mol. The van der Waals surface area contributed by atoms with Crippen LogP contribution in [0.4, 0.5) is 0 Å². The summed E-state index contributed by atoms with van der Waals surface area (Å²) in [6.07, 6.45) is 0. The Morgan fingerprint density at radius 3 is 1.25 bits per heavy atom. The molecule has 0 heterocycles. The first-order valence-electron chi connectivity index (χ1n) is 8.68. The van der Waals surface area contributed by atoms with Crippen molar-refractivity contribution in [2.45, 2.75) is 39.0 Å². The number of phenolic OH excluding ortho intramolecular Hbond substituents is 2. The fourth-order valence-electron chi connectivity index (χ4n) is 2.02. The van der Waals surface area contributed by atoms with Crippen LogP contribution in [-0.4, -0.2) is 44.4 Å². The molecule has 12 heteroatoms. The van der Waals surface area contributed by atoms with E-state index in [2.05, 4.69) is 10.6 Å². The molecule has 0 amide bonds. The molecule has 2 aromatic carbocycles. The van der Waals surface area contributed by atoms with E-state index in [1.165, 1.54) is 0 Å². The summed E-state index contributed by atoms with van der Waals surface area (Å²) in [7, 11) is 0. The second-order valence-corrected chi connectivity index (χ2v) is 6.14. The van der Waals surface area contributed by atoms with Crippen LogP contribution in [0.3, 0.4) is 0 Å². The number of hydrogen-bond acceptors (Lipinski definition) is 6. The molecule has 0 saturated heterocycles. The second-order valence-electron chi connectivity index (χ2n) is 6.14. The van der Waals surface area contributed by atoms with E-state index in [1.807, 2.05) is 0 Å². The van der Waals surface area contributed by atoms with Gasteiger partial charge in [0, 0.05) is 24.2 Å². The van der Waals surface area contributed by atoms with E-state index < -0.39 is 24.0 Å². The molecule has 0 fully saturated rings. The third-order valence-corrected chi connectivity index (χ3v) is 3.92. The molecule has 188 valence electrons. The summed E-state index contributed by atoms with van der Waals surface area (Å²) in [5, 5.41) is 41.5. The fourth-order valence-corrected chi connectivity index (χ4v) is 2.02. The van der Waals surface area contributed by atoms with Crippen molar-refractivity contribution in [1.82, 2.24) is 10.6 Å². The van der Waals surface area contributed by atoms with Crippen molar-refractivity contribution in [3.8, 4) is 11.5 Å². The standard InChI is InChI=1S/2C10H13NO3.2Cu.2H2O/c2*1-7(10(13)14)11-6-8-4-2-3-5-9(8)12;;;;/h2*2-5,7,11-12H,6H2,1H3,(H,13,14);;;2*1H2/q;;2*+1;;/p+2. The number of nitrogens with one attached hydrogen (secondary N) is 2. The number of para-hydroxylation sites is 2. The zero-order valence-electron chi connectivity index (χ0n) is 17.6. The Kier molecular flexibility index (Phi) is 22.7. The third kappa shape index (κ3) is 14.0. The van der Waals surface area contributed by atoms with Crippen LogP contribution in [0, 0.1) is 0 Å². The van der Waals surface area contributed by atoms with E-state index in [0.29, 0.717) is 24.2 Å². The molecule has 10 nitrogen and oxygen atoms in total. The van der Waals surface area contributed by atoms with E-state index in [0.717, 1.165) is 0 Å². The van der Waals surface area contributed by atoms with Crippen molar-refractivity contribution < 1.29 is 75.1 Å². The summed E-state index contributed by atoms with van der Waals surface area (Å²) in [6, 6.07) is 12.4. The van der Waals surface area contributed by atoms with Crippen molar-refractivity contribution in [2.24, 2.45) is 0 Å². The van der Waals surface area contributed by atoms with Crippen LogP contribution in [0.25, 0.3) is 0 Å². The Bertz CT molecular complexity index is 730. The van der Waals surface area contributed by atoms with Crippen LogP contribution < -0.4 is 10.6 Å². The summed E-state index contributed by atoms with van der Waals surface area (Å²) in [5.74, 6) is -1.45. The molecule has 0 spiro atoms. The zero-order valence-corrected chi connectivity index (χ0v) is 19.4. The number of carboxylic acids is 2. The van der Waals surface area contributed by atoms with Gasteiger partial charge < -0.3 is 42.0 Å². The number of benzene rings is 2. The Morgan fingerprint density at radius 2 is 1.00 bits per heavy atom. The normalized spacial score (nSPS) is 10.8. The van der Waals surface area contributed by atoms with Gasteiger partial charge in [0.05, 0.1) is 0 Å². The predicted molar refractivity (Wildman–Crippen MR) is 114 cm³/mol. The first kappa shape index (κ1) is 37.2. The van der Waals surface area contributed by atoms with Crippen LogP contribution in [-0.2, 0) is 67.8 Å². The van der Waals surface area contributed by atoms with Crippen molar-refractivity contribution in [3.05, 3.63) is 59.7 Å². The molecule has 0 aliphatic heterocycles.